The molecule has 1 heterocycles. The van der Waals surface area contributed by atoms with Crippen LogP contribution in [0.2, 0.25) is 0 Å². The van der Waals surface area contributed by atoms with E-state index in [4.69, 9.17) is 15.2 Å². The largest absolute Gasteiger partial charge is 0.490 e. The van der Waals surface area contributed by atoms with Gasteiger partial charge in [-0.25, -0.2) is 13.8 Å². The summed E-state index contributed by atoms with van der Waals surface area (Å²) in [7, 11) is 0. The number of nitrogens with one attached hydrogen (secondary N) is 1. The Balaban J connectivity index is 0.00000200. The van der Waals surface area contributed by atoms with Crippen molar-refractivity contribution >= 4 is 35.6 Å². The minimum atomic E-state index is -2.51. The fraction of sp³-hybridized carbons (Fsp3) is 0.417. The molecule has 5 nitrogen and oxygen atoms in total. The van der Waals surface area contributed by atoms with Crippen LogP contribution in [-0.4, -0.2) is 32.1 Å². The molecule has 3 N–H and O–H groups in total. The van der Waals surface area contributed by atoms with E-state index in [2.05, 4.69) is 10.3 Å². The lowest BCUT2D eigenvalue weighted by Crippen LogP contribution is -2.23. The molecule has 0 unspecified atom stereocenters. The fourth-order valence-electron chi connectivity index (χ4n) is 1.60. The van der Waals surface area contributed by atoms with Crippen molar-refractivity contribution in [1.82, 2.24) is 0 Å². The van der Waals surface area contributed by atoms with Crippen molar-refractivity contribution in [3.8, 4) is 11.5 Å². The molecule has 2 rings (SSSR count). The molecule has 0 radical (unpaired) electrons. The molecule has 0 spiro atoms. The molecule has 8 heteroatoms. The van der Waals surface area contributed by atoms with Gasteiger partial charge in [-0.05, 0) is 12.1 Å². The van der Waals surface area contributed by atoms with Gasteiger partial charge in [-0.2, -0.15) is 0 Å². The van der Waals surface area contributed by atoms with Gasteiger partial charge < -0.3 is 20.5 Å². The minimum absolute atomic E-state index is 0. The molecule has 0 atom stereocenters. The molecular formula is C12H16F2IN3O2. The van der Waals surface area contributed by atoms with Crippen molar-refractivity contribution in [2.75, 3.05) is 25.1 Å². The smallest absolute Gasteiger partial charge is 0.257 e. The minimum Gasteiger partial charge on any atom is -0.490 e. The summed E-state index contributed by atoms with van der Waals surface area (Å²) >= 11 is 0. The highest BCUT2D eigenvalue weighted by Crippen LogP contribution is 2.32. The second kappa shape index (κ2) is 8.08. The van der Waals surface area contributed by atoms with Gasteiger partial charge in [-0.15, -0.1) is 24.0 Å². The third kappa shape index (κ3) is 4.99. The van der Waals surface area contributed by atoms with Gasteiger partial charge in [0.25, 0.3) is 6.43 Å². The highest BCUT2D eigenvalue weighted by atomic mass is 127. The molecule has 0 saturated heterocycles. The number of hydrogen-bond acceptors (Lipinski definition) is 3. The summed E-state index contributed by atoms with van der Waals surface area (Å²) in [6.07, 6.45) is -1.70. The molecule has 112 valence electrons. The van der Waals surface area contributed by atoms with E-state index in [1.807, 2.05) is 0 Å². The Kier molecular flexibility index (Phi) is 6.76. The Bertz CT molecular complexity index is 472. The average molecular weight is 399 g/mol. The second-order valence-electron chi connectivity index (χ2n) is 3.95. The van der Waals surface area contributed by atoms with Crippen molar-refractivity contribution in [2.24, 2.45) is 10.7 Å². The fourth-order valence-corrected chi connectivity index (χ4v) is 1.60. The average Bonchev–Trinajstić information content (AvgIpc) is 2.61. The third-order valence-corrected chi connectivity index (χ3v) is 2.42. The van der Waals surface area contributed by atoms with Crippen LogP contribution >= 0.6 is 24.0 Å². The zero-order chi connectivity index (χ0) is 13.7. The highest BCUT2D eigenvalue weighted by Gasteiger charge is 2.11. The van der Waals surface area contributed by atoms with Gasteiger partial charge in [0.15, 0.2) is 17.5 Å². The van der Waals surface area contributed by atoms with E-state index in [9.17, 15) is 8.78 Å². The molecule has 0 aromatic heterocycles. The van der Waals surface area contributed by atoms with Crippen LogP contribution in [-0.2, 0) is 0 Å². The molecule has 0 saturated carbocycles. The third-order valence-electron chi connectivity index (χ3n) is 2.42. The van der Waals surface area contributed by atoms with Gasteiger partial charge >= 0.3 is 0 Å². The van der Waals surface area contributed by atoms with Crippen LogP contribution in [0.15, 0.2) is 23.2 Å². The van der Waals surface area contributed by atoms with Crippen LogP contribution < -0.4 is 20.5 Å². The molecule has 20 heavy (non-hydrogen) atoms. The second-order valence-corrected chi connectivity index (χ2v) is 3.95. The Morgan fingerprint density at radius 3 is 2.70 bits per heavy atom. The molecule has 0 aliphatic carbocycles. The van der Waals surface area contributed by atoms with Gasteiger partial charge in [0.1, 0.15) is 6.54 Å². The molecule has 0 fully saturated rings. The molecule has 1 aromatic rings. The summed E-state index contributed by atoms with van der Waals surface area (Å²) in [6.45, 7) is 0.562. The van der Waals surface area contributed by atoms with Crippen LogP contribution in [0.5, 0.6) is 11.5 Å². The number of benzene rings is 1. The summed E-state index contributed by atoms with van der Waals surface area (Å²) in [4.78, 5) is 3.51. The van der Waals surface area contributed by atoms with Crippen molar-refractivity contribution in [3.05, 3.63) is 18.2 Å². The lowest BCUT2D eigenvalue weighted by molar-refractivity contribution is 0.158. The van der Waals surface area contributed by atoms with Gasteiger partial charge in [0.2, 0.25) is 0 Å². The first-order valence-electron chi connectivity index (χ1n) is 5.90. The number of guanidine groups is 1. The maximum atomic E-state index is 12.0. The summed E-state index contributed by atoms with van der Waals surface area (Å²) in [6, 6.07) is 5.16. The van der Waals surface area contributed by atoms with Crippen LogP contribution in [0.1, 0.15) is 6.42 Å². The molecular weight excluding hydrogens is 383 g/mol. The Morgan fingerprint density at radius 2 is 2.00 bits per heavy atom. The number of rotatable bonds is 3. The Labute approximate surface area is 132 Å². The van der Waals surface area contributed by atoms with E-state index in [0.717, 1.165) is 6.42 Å². The summed E-state index contributed by atoms with van der Waals surface area (Å²) < 4.78 is 34.9. The zero-order valence-corrected chi connectivity index (χ0v) is 13.0. The first-order chi connectivity index (χ1) is 9.15. The summed E-state index contributed by atoms with van der Waals surface area (Å²) in [5, 5.41) is 2.73. The number of fused-ring (bicyclic) bond motifs is 1. The van der Waals surface area contributed by atoms with E-state index in [1.54, 1.807) is 18.2 Å². The predicted molar refractivity (Wildman–Crippen MR) is 83.6 cm³/mol. The van der Waals surface area contributed by atoms with E-state index >= 15 is 0 Å². The number of nitrogens with two attached hydrogens (primary N) is 1. The van der Waals surface area contributed by atoms with Gasteiger partial charge in [-0.1, -0.05) is 0 Å². The van der Waals surface area contributed by atoms with Crippen LogP contribution in [0.25, 0.3) is 0 Å². The molecule has 1 aliphatic rings. The lowest BCUT2D eigenvalue weighted by atomic mass is 10.3. The molecule has 0 bridgehead atoms. The van der Waals surface area contributed by atoms with Crippen LogP contribution in [0.3, 0.4) is 0 Å². The van der Waals surface area contributed by atoms with Crippen LogP contribution in [0, 0.1) is 0 Å². The number of ether oxygens (including phenoxy) is 2. The van der Waals surface area contributed by atoms with E-state index in [0.29, 0.717) is 30.4 Å². The maximum Gasteiger partial charge on any atom is 0.257 e. The first kappa shape index (κ1) is 16.7. The maximum absolute atomic E-state index is 12.0. The van der Waals surface area contributed by atoms with Crippen molar-refractivity contribution in [1.29, 1.82) is 0 Å². The molecule has 1 aromatic carbocycles. The summed E-state index contributed by atoms with van der Waals surface area (Å²) in [5.74, 6) is 1.20. The van der Waals surface area contributed by atoms with Crippen molar-refractivity contribution in [2.45, 2.75) is 12.8 Å². The Hall–Kier alpha value is -1.32. The first-order valence-corrected chi connectivity index (χ1v) is 5.90. The zero-order valence-electron chi connectivity index (χ0n) is 10.6. The number of aliphatic imine (C=N–C) groups is 1. The number of nitrogens with zero attached hydrogens (tertiary/aromatic N) is 1. The lowest BCUT2D eigenvalue weighted by Gasteiger charge is -2.10. The van der Waals surface area contributed by atoms with E-state index < -0.39 is 13.0 Å². The van der Waals surface area contributed by atoms with Gasteiger partial charge in [-0.3, -0.25) is 0 Å². The number of halogens is 3. The van der Waals surface area contributed by atoms with Crippen LogP contribution in [0.4, 0.5) is 14.5 Å². The number of hydrogen-bond donors (Lipinski definition) is 2. The highest BCUT2D eigenvalue weighted by molar-refractivity contribution is 14.0. The van der Waals surface area contributed by atoms with Gasteiger partial charge in [0.05, 0.1) is 13.2 Å². The number of alkyl halides is 2. The van der Waals surface area contributed by atoms with Gasteiger partial charge in [0, 0.05) is 18.2 Å². The van der Waals surface area contributed by atoms with Crippen molar-refractivity contribution in [3.63, 3.8) is 0 Å². The standard InChI is InChI=1S/C12H15F2N3O2.HI/c13-11(14)7-16-12(15)17-8-2-3-9-10(6-8)19-5-1-4-18-9;/h2-3,6,11H,1,4-5,7H2,(H3,15,16,17);1H. The van der Waals surface area contributed by atoms with E-state index in [-0.39, 0.29) is 29.9 Å². The summed E-state index contributed by atoms with van der Waals surface area (Å²) in [5.41, 5.74) is 6.11. The topological polar surface area (TPSA) is 68.9 Å². The van der Waals surface area contributed by atoms with E-state index in [1.165, 1.54) is 0 Å². The Morgan fingerprint density at radius 1 is 1.30 bits per heavy atom. The normalized spacial score (nSPS) is 14.4. The van der Waals surface area contributed by atoms with Crippen molar-refractivity contribution < 1.29 is 18.3 Å². The predicted octanol–water partition coefficient (Wildman–Crippen LogP) is 2.46. The molecule has 1 aliphatic heterocycles. The number of anilines is 1. The molecule has 0 amide bonds. The quantitative estimate of drug-likeness (QED) is 0.466. The SMILES string of the molecule is I.NC(=NCC(F)F)Nc1ccc2c(c1)OCCCO2. The monoisotopic (exact) mass is 399 g/mol.